The Morgan fingerprint density at radius 1 is 0.660 bits per heavy atom. The Kier molecular flexibility index (Phi) is 11.7. The van der Waals surface area contributed by atoms with Crippen molar-refractivity contribution in [2.24, 2.45) is 0 Å². The molecule has 0 N–H and O–H groups in total. The normalized spacial score (nSPS) is 15.1. The van der Waals surface area contributed by atoms with Crippen molar-refractivity contribution < 1.29 is 22.7 Å². The van der Waals surface area contributed by atoms with Crippen LogP contribution in [-0.2, 0) is 22.7 Å². The van der Waals surface area contributed by atoms with E-state index in [2.05, 4.69) is 165 Å². The summed E-state index contributed by atoms with van der Waals surface area (Å²) in [5, 5.41) is 22.9. The molecule has 6 aromatic rings. The van der Waals surface area contributed by atoms with E-state index < -0.39 is 7.26 Å². The Hall–Kier alpha value is -5.19. The van der Waals surface area contributed by atoms with Gasteiger partial charge in [0.1, 0.15) is 0 Å². The van der Waals surface area contributed by atoms with Gasteiger partial charge in [-0.3, -0.25) is 0 Å². The molecule has 7 heteroatoms. The zero-order valence-corrected chi connectivity index (χ0v) is 33.1. The van der Waals surface area contributed by atoms with Gasteiger partial charge in [0.15, 0.2) is 0 Å². The van der Waals surface area contributed by atoms with Crippen molar-refractivity contribution in [1.82, 2.24) is 20.4 Å². The van der Waals surface area contributed by atoms with Gasteiger partial charge in [0.25, 0.3) is 0 Å². The first-order valence-electron chi connectivity index (χ1n) is 17.7. The fraction of sp³-hybridized carbons (Fsp3) is 0.109. The summed E-state index contributed by atoms with van der Waals surface area (Å²) in [5.41, 5.74) is 7.46. The van der Waals surface area contributed by atoms with Crippen LogP contribution in [0.25, 0.3) is 34.4 Å². The molecule has 0 atom stereocenters. The predicted octanol–water partition coefficient (Wildman–Crippen LogP) is 9.14. The zero-order chi connectivity index (χ0) is 36.5. The molecule has 1 fully saturated rings. The first-order valence-corrected chi connectivity index (χ1v) is 20.8. The van der Waals surface area contributed by atoms with Gasteiger partial charge in [-0.1, -0.05) is 36.4 Å². The summed E-state index contributed by atoms with van der Waals surface area (Å²) in [6.07, 6.45) is 9.65. The summed E-state index contributed by atoms with van der Waals surface area (Å²) in [6, 6.07) is 49.4. The van der Waals surface area contributed by atoms with Gasteiger partial charge in [-0.25, -0.2) is 0 Å². The number of rotatable bonds is 10. The Morgan fingerprint density at radius 3 is 1.58 bits per heavy atom. The number of hydrogen-bond donors (Lipinski definition) is 0. The number of allylic oxidation sites excluding steroid dienone is 5. The van der Waals surface area contributed by atoms with Crippen LogP contribution >= 0.6 is 7.26 Å². The molecule has 1 saturated heterocycles. The zero-order valence-electron chi connectivity index (χ0n) is 29.7. The van der Waals surface area contributed by atoms with Crippen LogP contribution < -0.4 is 15.9 Å². The fourth-order valence-corrected chi connectivity index (χ4v) is 12.6. The quantitative estimate of drug-likeness (QED) is 0.129. The number of nitrogens with zero attached hydrogens (tertiary/aromatic N) is 4. The van der Waals surface area contributed by atoms with Gasteiger partial charge in [-0.15, -0.1) is 0 Å². The Balaban J connectivity index is 1.41. The van der Waals surface area contributed by atoms with Crippen molar-refractivity contribution in [3.05, 3.63) is 185 Å². The van der Waals surface area contributed by atoms with E-state index in [0.29, 0.717) is 24.9 Å². The molecule has 1 aliphatic heterocycles. The van der Waals surface area contributed by atoms with E-state index in [-0.39, 0.29) is 0 Å². The van der Waals surface area contributed by atoms with Crippen molar-refractivity contribution >= 4 is 34.8 Å². The summed E-state index contributed by atoms with van der Waals surface area (Å²) in [5.74, 6) is 0.966. The molecule has 1 aliphatic rings. The maximum atomic E-state index is 6.04. The topological polar surface area (TPSA) is 60.8 Å². The van der Waals surface area contributed by atoms with Gasteiger partial charge in [0.2, 0.25) is 0 Å². The van der Waals surface area contributed by atoms with Crippen LogP contribution in [0.3, 0.4) is 0 Å². The average Bonchev–Trinajstić information content (AvgIpc) is 3.67. The van der Waals surface area contributed by atoms with Gasteiger partial charge in [0, 0.05) is 0 Å². The third kappa shape index (κ3) is 7.65. The molecule has 261 valence electrons. The van der Waals surface area contributed by atoms with Crippen LogP contribution in [-0.4, -0.2) is 33.6 Å². The van der Waals surface area contributed by atoms with E-state index in [1.54, 1.807) is 17.9 Å². The van der Waals surface area contributed by atoms with Gasteiger partial charge in [-0.05, 0) is 12.5 Å². The molecule has 0 bridgehead atoms. The van der Waals surface area contributed by atoms with E-state index in [4.69, 9.17) is 4.74 Å². The minimum Gasteiger partial charge on any atom is -0.0543 e. The number of aromatic nitrogens is 4. The molecule has 53 heavy (non-hydrogen) atoms. The van der Waals surface area contributed by atoms with Crippen molar-refractivity contribution in [2.45, 2.75) is 20.3 Å². The first kappa shape index (κ1) is 36.2. The largest absolute Gasteiger partial charge is 0.0543 e. The molecule has 2 heterocycles. The standard InChI is InChI=1S/C46H39N4OP.Os/c1-4-15-35-23-25-37(26-24-35)45-47-49-46(50-48-45)38-29-27-36(28-30-38)44(31-40-33-51-32-39(40)16-5-2)34(3)52(41-17-9-6-10-18-41,42-19-11-7-12-20-42)43-21-13-8-14-22-43;/h4,6-31H,5,32-33H2,1-2H3;/q+1;/b15-4+,39-16?,40-31?,44-34?;. The summed E-state index contributed by atoms with van der Waals surface area (Å²) in [6.45, 7) is 5.36. The maximum absolute atomic E-state index is 6.04. The van der Waals surface area contributed by atoms with E-state index in [1.807, 2.05) is 37.3 Å². The van der Waals surface area contributed by atoms with Gasteiger partial charge >= 0.3 is 275 Å². The van der Waals surface area contributed by atoms with Crippen LogP contribution in [0.15, 0.2) is 174 Å². The third-order valence-corrected chi connectivity index (χ3v) is 14.6. The van der Waals surface area contributed by atoms with E-state index in [1.165, 1.54) is 32.4 Å². The smallest absolute Gasteiger partial charge is 0.0505 e. The van der Waals surface area contributed by atoms with Gasteiger partial charge < -0.3 is 0 Å². The van der Waals surface area contributed by atoms with Crippen LogP contribution in [0.5, 0.6) is 0 Å². The van der Waals surface area contributed by atoms with Crippen molar-refractivity contribution in [1.29, 1.82) is 0 Å². The Labute approximate surface area is 322 Å². The number of hydrogen-bond acceptors (Lipinski definition) is 5. The van der Waals surface area contributed by atoms with Crippen LogP contribution in [0, 0.1) is 4.37 Å². The second-order valence-electron chi connectivity index (χ2n) is 12.6. The van der Waals surface area contributed by atoms with E-state index in [0.717, 1.165) is 34.2 Å². The van der Waals surface area contributed by atoms with Crippen molar-refractivity contribution in [3.63, 3.8) is 0 Å². The summed E-state index contributed by atoms with van der Waals surface area (Å²) in [7, 11) is -2.47. The van der Waals surface area contributed by atoms with Crippen LogP contribution in [0.4, 0.5) is 0 Å². The molecule has 0 spiro atoms. The molecule has 5 aromatic carbocycles. The maximum Gasteiger partial charge on any atom is -0.0505 e. The van der Waals surface area contributed by atoms with Gasteiger partial charge in [-0.2, -0.15) is 0 Å². The van der Waals surface area contributed by atoms with Crippen LogP contribution in [0.1, 0.15) is 31.4 Å². The average molecular weight is 885 g/mol. The van der Waals surface area contributed by atoms with Crippen molar-refractivity contribution in [3.8, 4) is 27.1 Å². The summed E-state index contributed by atoms with van der Waals surface area (Å²) >= 11 is 1.79. The number of benzene rings is 5. The van der Waals surface area contributed by atoms with Crippen molar-refractivity contribution in [2.75, 3.05) is 13.2 Å². The van der Waals surface area contributed by atoms with Crippen LogP contribution in [0.2, 0.25) is 0 Å². The molecule has 0 radical (unpaired) electrons. The third-order valence-electron chi connectivity index (χ3n) is 9.26. The first-order chi connectivity index (χ1) is 26.1. The Morgan fingerprint density at radius 2 is 1.13 bits per heavy atom. The van der Waals surface area contributed by atoms with E-state index in [9.17, 15) is 0 Å². The molecule has 1 aromatic heterocycles. The minimum absolute atomic E-state index is 0.474. The number of ether oxygens (including phenoxy) is 1. The van der Waals surface area contributed by atoms with E-state index >= 15 is 0 Å². The minimum atomic E-state index is -2.47. The molecular weight excluding hydrogens is 846 g/mol. The molecule has 0 aliphatic carbocycles. The molecule has 7 rings (SSSR count). The molecule has 0 unspecified atom stereocenters. The predicted molar refractivity (Wildman–Crippen MR) is 216 cm³/mol. The monoisotopic (exact) mass is 886 g/mol. The molecular formula is C46H39N4OOsP+. The fourth-order valence-electron chi connectivity index (χ4n) is 6.76. The summed E-state index contributed by atoms with van der Waals surface area (Å²) < 4.78 is 9.88. The second-order valence-corrected chi connectivity index (χ2v) is 16.5. The summed E-state index contributed by atoms with van der Waals surface area (Å²) in [4.78, 5) is 0. The second kappa shape index (κ2) is 17.1. The van der Waals surface area contributed by atoms with Gasteiger partial charge in [0.05, 0.1) is 0 Å². The Bertz CT molecular complexity index is 2230. The molecule has 0 amide bonds. The molecule has 0 saturated carbocycles. The SMILES string of the molecule is C/C=C/c1ccc(-c2nnc(-c3ccc(C(C=C4COCC4=CCC)=C([C]#[Os])[P+](c4ccccc4)(c4ccccc4)c4ccccc4)cc3)nn2)cc1. The molecule has 5 nitrogen and oxygen atoms in total.